The Morgan fingerprint density at radius 2 is 2.20 bits per heavy atom. The van der Waals surface area contributed by atoms with Crippen LogP contribution in [0.2, 0.25) is 0 Å². The lowest BCUT2D eigenvalue weighted by Crippen LogP contribution is -2.59. The first-order valence-electron chi connectivity index (χ1n) is 8.45. The van der Waals surface area contributed by atoms with Gasteiger partial charge in [0.2, 0.25) is 5.88 Å². The third-order valence-corrected chi connectivity index (χ3v) is 6.28. The Morgan fingerprint density at radius 3 is 3.00 bits per heavy atom. The molecule has 0 bridgehead atoms. The van der Waals surface area contributed by atoms with E-state index in [1.807, 2.05) is 43.0 Å². The number of anilines is 1. The summed E-state index contributed by atoms with van der Waals surface area (Å²) in [6.45, 7) is 4.60. The molecule has 2 aliphatic heterocycles. The standard InChI is InChI=1S/C18H22N4O2S/c1-13-4-3-5-14(21-13)8-24-15-7-18(25-9-15)10-22(11-18)16-6-17(23-2)20-12-19-16/h3-6,12,15H,7-11H2,1-2H3. The SMILES string of the molecule is COc1cc(N2CC3(CC(OCc4cccc(C)n4)CS3)C2)ncn1. The number of methoxy groups -OCH3 is 1. The quantitative estimate of drug-likeness (QED) is 0.814. The number of pyridine rings is 1. The summed E-state index contributed by atoms with van der Waals surface area (Å²) in [4.78, 5) is 15.2. The highest BCUT2D eigenvalue weighted by atomic mass is 32.2. The first-order chi connectivity index (χ1) is 12.2. The molecule has 2 aromatic heterocycles. The maximum atomic E-state index is 6.11. The van der Waals surface area contributed by atoms with Crippen LogP contribution < -0.4 is 9.64 Å². The zero-order valence-electron chi connectivity index (χ0n) is 14.5. The number of nitrogens with zero attached hydrogens (tertiary/aromatic N) is 4. The van der Waals surface area contributed by atoms with Gasteiger partial charge in [-0.2, -0.15) is 0 Å². The van der Waals surface area contributed by atoms with Crippen LogP contribution in [0.1, 0.15) is 17.8 Å². The molecule has 25 heavy (non-hydrogen) atoms. The summed E-state index contributed by atoms with van der Waals surface area (Å²) < 4.78 is 11.6. The van der Waals surface area contributed by atoms with Crippen molar-refractivity contribution in [3.8, 4) is 5.88 Å². The zero-order valence-corrected chi connectivity index (χ0v) is 15.3. The molecular formula is C18H22N4O2S. The third-order valence-electron chi connectivity index (χ3n) is 4.71. The number of aryl methyl sites for hydroxylation is 1. The van der Waals surface area contributed by atoms with Crippen molar-refractivity contribution in [3.63, 3.8) is 0 Å². The summed E-state index contributed by atoms with van der Waals surface area (Å²) in [5.74, 6) is 2.59. The summed E-state index contributed by atoms with van der Waals surface area (Å²) in [5.41, 5.74) is 2.04. The molecule has 0 N–H and O–H groups in total. The van der Waals surface area contributed by atoms with Gasteiger partial charge in [-0.05, 0) is 25.5 Å². The van der Waals surface area contributed by atoms with Crippen molar-refractivity contribution in [1.29, 1.82) is 0 Å². The third kappa shape index (κ3) is 3.57. The van der Waals surface area contributed by atoms with E-state index in [1.54, 1.807) is 13.4 Å². The van der Waals surface area contributed by atoms with Crippen molar-refractivity contribution in [1.82, 2.24) is 15.0 Å². The lowest BCUT2D eigenvalue weighted by Gasteiger charge is -2.48. The minimum atomic E-state index is 0.295. The molecule has 2 fully saturated rings. The minimum absolute atomic E-state index is 0.295. The average molecular weight is 358 g/mol. The summed E-state index contributed by atoms with van der Waals surface area (Å²) in [6.07, 6.45) is 2.94. The Morgan fingerprint density at radius 1 is 1.32 bits per heavy atom. The monoisotopic (exact) mass is 358 g/mol. The molecule has 7 heteroatoms. The molecule has 2 aromatic rings. The molecule has 0 aromatic carbocycles. The topological polar surface area (TPSA) is 60.4 Å². The number of hydrogen-bond donors (Lipinski definition) is 0. The molecule has 1 atom stereocenters. The van der Waals surface area contributed by atoms with Gasteiger partial charge in [0, 0.05) is 30.6 Å². The van der Waals surface area contributed by atoms with Gasteiger partial charge in [0.1, 0.15) is 12.1 Å². The van der Waals surface area contributed by atoms with Gasteiger partial charge in [0.05, 0.1) is 30.3 Å². The second-order valence-corrected chi connectivity index (χ2v) is 8.16. The molecular weight excluding hydrogens is 336 g/mol. The molecule has 0 aliphatic carbocycles. The predicted molar refractivity (Wildman–Crippen MR) is 98.2 cm³/mol. The lowest BCUT2D eigenvalue weighted by molar-refractivity contribution is 0.0458. The van der Waals surface area contributed by atoms with Gasteiger partial charge < -0.3 is 14.4 Å². The molecule has 4 heterocycles. The Labute approximate surface area is 152 Å². The van der Waals surface area contributed by atoms with E-state index in [0.29, 0.717) is 23.3 Å². The van der Waals surface area contributed by atoms with Crippen LogP contribution in [0.4, 0.5) is 5.82 Å². The van der Waals surface area contributed by atoms with Crippen molar-refractivity contribution in [3.05, 3.63) is 42.0 Å². The van der Waals surface area contributed by atoms with Crippen LogP contribution in [0.3, 0.4) is 0 Å². The maximum absolute atomic E-state index is 6.11. The van der Waals surface area contributed by atoms with Crippen LogP contribution in [0.25, 0.3) is 0 Å². The van der Waals surface area contributed by atoms with E-state index in [4.69, 9.17) is 9.47 Å². The predicted octanol–water partition coefficient (Wildman–Crippen LogP) is 2.47. The van der Waals surface area contributed by atoms with E-state index < -0.39 is 0 Å². The van der Waals surface area contributed by atoms with Gasteiger partial charge in [0.15, 0.2) is 0 Å². The molecule has 4 rings (SSSR count). The molecule has 0 amide bonds. The average Bonchev–Trinajstić information content (AvgIpc) is 3.03. The maximum Gasteiger partial charge on any atom is 0.218 e. The Bertz CT molecular complexity index is 751. The van der Waals surface area contributed by atoms with Gasteiger partial charge >= 0.3 is 0 Å². The van der Waals surface area contributed by atoms with E-state index in [-0.39, 0.29) is 0 Å². The normalized spacial score (nSPS) is 21.4. The van der Waals surface area contributed by atoms with Crippen molar-refractivity contribution in [2.24, 2.45) is 0 Å². The lowest BCUT2D eigenvalue weighted by atomic mass is 9.93. The van der Waals surface area contributed by atoms with Crippen molar-refractivity contribution in [2.75, 3.05) is 30.9 Å². The second kappa shape index (κ2) is 6.80. The van der Waals surface area contributed by atoms with Crippen LogP contribution in [0.5, 0.6) is 5.88 Å². The van der Waals surface area contributed by atoms with E-state index in [0.717, 1.165) is 42.5 Å². The number of thioether (sulfide) groups is 1. The molecule has 132 valence electrons. The van der Waals surface area contributed by atoms with E-state index in [2.05, 4.69) is 19.9 Å². The molecule has 2 saturated heterocycles. The number of ether oxygens (including phenoxy) is 2. The van der Waals surface area contributed by atoms with Gasteiger partial charge in [-0.1, -0.05) is 6.07 Å². The smallest absolute Gasteiger partial charge is 0.218 e. The summed E-state index contributed by atoms with van der Waals surface area (Å²) >= 11 is 2.02. The Balaban J connectivity index is 1.30. The minimum Gasteiger partial charge on any atom is -0.481 e. The molecule has 6 nitrogen and oxygen atoms in total. The molecule has 2 aliphatic rings. The first-order valence-corrected chi connectivity index (χ1v) is 9.43. The van der Waals surface area contributed by atoms with Crippen molar-refractivity contribution < 1.29 is 9.47 Å². The van der Waals surface area contributed by atoms with Crippen LogP contribution >= 0.6 is 11.8 Å². The molecule has 1 unspecified atom stereocenters. The largest absolute Gasteiger partial charge is 0.481 e. The van der Waals surface area contributed by atoms with Crippen LogP contribution in [-0.4, -0.2) is 51.8 Å². The van der Waals surface area contributed by atoms with Crippen LogP contribution in [0, 0.1) is 6.92 Å². The number of hydrogen-bond acceptors (Lipinski definition) is 7. The number of rotatable bonds is 5. The van der Waals surface area contributed by atoms with Crippen LogP contribution in [-0.2, 0) is 11.3 Å². The second-order valence-electron chi connectivity index (χ2n) is 6.68. The van der Waals surface area contributed by atoms with Gasteiger partial charge in [-0.25, -0.2) is 9.97 Å². The Kier molecular flexibility index (Phi) is 4.52. The fourth-order valence-corrected chi connectivity index (χ4v) is 4.99. The zero-order chi connectivity index (χ0) is 17.3. The first kappa shape index (κ1) is 16.6. The Hall–Kier alpha value is -1.86. The highest BCUT2D eigenvalue weighted by Gasteiger charge is 2.49. The fraction of sp³-hybridized carbons (Fsp3) is 0.500. The molecule has 0 saturated carbocycles. The summed E-state index contributed by atoms with van der Waals surface area (Å²) in [6, 6.07) is 7.96. The van der Waals surface area contributed by atoms with E-state index >= 15 is 0 Å². The van der Waals surface area contributed by atoms with Crippen molar-refractivity contribution in [2.45, 2.75) is 30.8 Å². The van der Waals surface area contributed by atoms with Crippen LogP contribution in [0.15, 0.2) is 30.6 Å². The summed E-state index contributed by atoms with van der Waals surface area (Å²) in [7, 11) is 1.63. The van der Waals surface area contributed by atoms with Gasteiger partial charge in [0.25, 0.3) is 0 Å². The molecule has 1 spiro atoms. The summed E-state index contributed by atoms with van der Waals surface area (Å²) in [5, 5.41) is 0. The fourth-order valence-electron chi connectivity index (χ4n) is 3.44. The van der Waals surface area contributed by atoms with E-state index in [1.165, 1.54) is 0 Å². The van der Waals surface area contributed by atoms with Gasteiger partial charge in [-0.3, -0.25) is 4.98 Å². The van der Waals surface area contributed by atoms with Crippen molar-refractivity contribution >= 4 is 17.6 Å². The highest BCUT2D eigenvalue weighted by Crippen LogP contribution is 2.47. The highest BCUT2D eigenvalue weighted by molar-refractivity contribution is 8.01. The van der Waals surface area contributed by atoms with Gasteiger partial charge in [-0.15, -0.1) is 11.8 Å². The van der Waals surface area contributed by atoms with E-state index in [9.17, 15) is 0 Å². The number of aromatic nitrogens is 3. The molecule has 0 radical (unpaired) electrons.